The first kappa shape index (κ1) is 17.2. The molecule has 0 aliphatic carbocycles. The van der Waals surface area contributed by atoms with Crippen LogP contribution in [0.4, 0.5) is 8.78 Å². The summed E-state index contributed by atoms with van der Waals surface area (Å²) in [7, 11) is 0. The number of nitrogens with one attached hydrogen (secondary N) is 1. The van der Waals surface area contributed by atoms with Gasteiger partial charge in [-0.25, -0.2) is 4.98 Å². The smallest absolute Gasteiger partial charge is 0.387 e. The van der Waals surface area contributed by atoms with Crippen molar-refractivity contribution in [2.75, 3.05) is 13.1 Å². The second-order valence-electron chi connectivity index (χ2n) is 6.21. The molecule has 27 heavy (non-hydrogen) atoms. The second kappa shape index (κ2) is 7.19. The normalized spacial score (nSPS) is 14.5. The molecule has 4 rings (SSSR count). The Kier molecular flexibility index (Phi) is 4.58. The standard InChI is InChI=1S/C20H17F2N3O2/c21-20(22)27-17-6-2-1-4-15(17)19(26)25-10-7-13(8-11-25)16-12-24-18-14(16)5-3-9-23-18/h1-7,9,12,20H,8,10-11H2,(H,23,24). The number of carbonyl (C=O) groups excluding carboxylic acids is 1. The van der Waals surface area contributed by atoms with Crippen molar-refractivity contribution in [1.29, 1.82) is 0 Å². The molecule has 0 saturated heterocycles. The lowest BCUT2D eigenvalue weighted by molar-refractivity contribution is -0.0502. The maximum atomic E-state index is 12.8. The molecule has 5 nitrogen and oxygen atoms in total. The third-order valence-corrected chi connectivity index (χ3v) is 4.63. The number of aromatic amines is 1. The number of rotatable bonds is 4. The fraction of sp³-hybridized carbons (Fsp3) is 0.200. The Morgan fingerprint density at radius 1 is 1.22 bits per heavy atom. The van der Waals surface area contributed by atoms with Gasteiger partial charge in [0.05, 0.1) is 5.56 Å². The summed E-state index contributed by atoms with van der Waals surface area (Å²) in [5, 5.41) is 1.04. The molecule has 0 saturated carbocycles. The van der Waals surface area contributed by atoms with E-state index in [-0.39, 0.29) is 17.2 Å². The zero-order chi connectivity index (χ0) is 18.8. The maximum absolute atomic E-state index is 12.8. The van der Waals surface area contributed by atoms with Crippen molar-refractivity contribution in [1.82, 2.24) is 14.9 Å². The minimum Gasteiger partial charge on any atom is -0.434 e. The molecule has 0 bridgehead atoms. The Morgan fingerprint density at radius 2 is 2.07 bits per heavy atom. The molecule has 138 valence electrons. The number of alkyl halides is 2. The van der Waals surface area contributed by atoms with Crippen LogP contribution in [0.5, 0.6) is 5.75 Å². The summed E-state index contributed by atoms with van der Waals surface area (Å²) in [5.41, 5.74) is 3.18. The highest BCUT2D eigenvalue weighted by molar-refractivity contribution is 5.98. The molecular formula is C20H17F2N3O2. The minimum absolute atomic E-state index is 0.102. The van der Waals surface area contributed by atoms with Crippen LogP contribution in [0.1, 0.15) is 22.3 Å². The van der Waals surface area contributed by atoms with E-state index >= 15 is 0 Å². The summed E-state index contributed by atoms with van der Waals surface area (Å²) in [6, 6.07) is 9.97. The average Bonchev–Trinajstić information content (AvgIpc) is 3.12. The summed E-state index contributed by atoms with van der Waals surface area (Å²) < 4.78 is 29.6. The number of aromatic nitrogens is 2. The van der Waals surface area contributed by atoms with Crippen molar-refractivity contribution in [3.05, 3.63) is 66.0 Å². The van der Waals surface area contributed by atoms with Crippen molar-refractivity contribution >= 4 is 22.5 Å². The van der Waals surface area contributed by atoms with E-state index in [9.17, 15) is 13.6 Å². The summed E-state index contributed by atoms with van der Waals surface area (Å²) >= 11 is 0. The van der Waals surface area contributed by atoms with Gasteiger partial charge in [-0.1, -0.05) is 18.2 Å². The lowest BCUT2D eigenvalue weighted by Gasteiger charge is -2.27. The summed E-state index contributed by atoms with van der Waals surface area (Å²) in [5.74, 6) is -0.419. The van der Waals surface area contributed by atoms with E-state index < -0.39 is 6.61 Å². The van der Waals surface area contributed by atoms with Crippen LogP contribution in [-0.2, 0) is 0 Å². The number of nitrogens with zero attached hydrogens (tertiary/aromatic N) is 2. The SMILES string of the molecule is O=C(c1ccccc1OC(F)F)N1CC=C(c2c[nH]c3ncccc23)CC1. The van der Waals surface area contributed by atoms with Gasteiger partial charge < -0.3 is 14.6 Å². The quantitative estimate of drug-likeness (QED) is 0.753. The molecule has 2 aromatic heterocycles. The summed E-state index contributed by atoms with van der Waals surface area (Å²) in [6.45, 7) is -2.06. The van der Waals surface area contributed by atoms with Crippen LogP contribution >= 0.6 is 0 Å². The third kappa shape index (κ3) is 3.40. The first-order valence-electron chi connectivity index (χ1n) is 8.58. The molecular weight excluding hydrogens is 352 g/mol. The highest BCUT2D eigenvalue weighted by Crippen LogP contribution is 2.29. The van der Waals surface area contributed by atoms with E-state index in [1.807, 2.05) is 24.4 Å². The van der Waals surface area contributed by atoms with Crippen molar-refractivity contribution in [2.24, 2.45) is 0 Å². The van der Waals surface area contributed by atoms with Crippen LogP contribution in [0.2, 0.25) is 0 Å². The Balaban J connectivity index is 1.54. The second-order valence-corrected chi connectivity index (χ2v) is 6.21. The summed E-state index contributed by atoms with van der Waals surface area (Å²) in [6.07, 6.45) is 6.32. The van der Waals surface area contributed by atoms with Gasteiger partial charge in [-0.3, -0.25) is 4.79 Å². The minimum atomic E-state index is -2.97. The van der Waals surface area contributed by atoms with Gasteiger partial charge in [-0.2, -0.15) is 8.78 Å². The number of ether oxygens (including phenoxy) is 1. The van der Waals surface area contributed by atoms with Gasteiger partial charge in [0, 0.05) is 36.4 Å². The number of fused-ring (bicyclic) bond motifs is 1. The van der Waals surface area contributed by atoms with Crippen molar-refractivity contribution in [3.63, 3.8) is 0 Å². The van der Waals surface area contributed by atoms with Crippen LogP contribution in [-0.4, -0.2) is 40.5 Å². The van der Waals surface area contributed by atoms with Gasteiger partial charge in [-0.15, -0.1) is 0 Å². The molecule has 0 radical (unpaired) electrons. The number of hydrogen-bond donors (Lipinski definition) is 1. The van der Waals surface area contributed by atoms with Gasteiger partial charge in [0.15, 0.2) is 0 Å². The monoisotopic (exact) mass is 369 g/mol. The number of halogens is 2. The highest BCUT2D eigenvalue weighted by atomic mass is 19.3. The van der Waals surface area contributed by atoms with E-state index in [0.717, 1.165) is 22.2 Å². The highest BCUT2D eigenvalue weighted by Gasteiger charge is 2.23. The van der Waals surface area contributed by atoms with E-state index in [0.29, 0.717) is 19.5 Å². The average molecular weight is 369 g/mol. The number of benzene rings is 1. The first-order chi connectivity index (χ1) is 13.1. The molecule has 3 heterocycles. The van der Waals surface area contributed by atoms with Crippen LogP contribution in [0.3, 0.4) is 0 Å². The molecule has 1 aromatic carbocycles. The molecule has 0 spiro atoms. The Hall–Kier alpha value is -3.22. The van der Waals surface area contributed by atoms with E-state index in [2.05, 4.69) is 14.7 Å². The number of para-hydroxylation sites is 1. The fourth-order valence-electron chi connectivity index (χ4n) is 3.33. The molecule has 1 aliphatic rings. The predicted octanol–water partition coefficient (Wildman–Crippen LogP) is 4.09. The van der Waals surface area contributed by atoms with Crippen LogP contribution < -0.4 is 4.74 Å². The Labute approximate surface area is 154 Å². The van der Waals surface area contributed by atoms with Crippen LogP contribution in [0, 0.1) is 0 Å². The van der Waals surface area contributed by atoms with Gasteiger partial charge in [0.2, 0.25) is 0 Å². The molecule has 7 heteroatoms. The fourth-order valence-corrected chi connectivity index (χ4v) is 3.33. The number of pyridine rings is 1. The van der Waals surface area contributed by atoms with Crippen LogP contribution in [0.25, 0.3) is 16.6 Å². The maximum Gasteiger partial charge on any atom is 0.387 e. The van der Waals surface area contributed by atoms with Crippen LogP contribution in [0.15, 0.2) is 54.9 Å². The van der Waals surface area contributed by atoms with Gasteiger partial charge in [0.1, 0.15) is 11.4 Å². The number of amides is 1. The predicted molar refractivity (Wildman–Crippen MR) is 97.7 cm³/mol. The zero-order valence-corrected chi connectivity index (χ0v) is 14.4. The molecule has 1 N–H and O–H groups in total. The van der Waals surface area contributed by atoms with Gasteiger partial charge in [0.25, 0.3) is 5.91 Å². The molecule has 0 atom stereocenters. The molecule has 1 aliphatic heterocycles. The van der Waals surface area contributed by atoms with Crippen molar-refractivity contribution in [2.45, 2.75) is 13.0 Å². The topological polar surface area (TPSA) is 58.2 Å². The van der Waals surface area contributed by atoms with Gasteiger partial charge >= 0.3 is 6.61 Å². The lowest BCUT2D eigenvalue weighted by Crippen LogP contribution is -2.35. The number of H-pyrrole nitrogens is 1. The molecule has 0 unspecified atom stereocenters. The van der Waals surface area contributed by atoms with E-state index in [1.54, 1.807) is 23.2 Å². The van der Waals surface area contributed by atoms with Crippen molar-refractivity contribution in [3.8, 4) is 5.75 Å². The Morgan fingerprint density at radius 3 is 2.85 bits per heavy atom. The first-order valence-corrected chi connectivity index (χ1v) is 8.58. The number of hydrogen-bond acceptors (Lipinski definition) is 3. The molecule has 0 fully saturated rings. The number of carbonyl (C=O) groups is 1. The van der Waals surface area contributed by atoms with E-state index in [4.69, 9.17) is 0 Å². The van der Waals surface area contributed by atoms with Gasteiger partial charge in [-0.05, 0) is 36.3 Å². The third-order valence-electron chi connectivity index (χ3n) is 4.63. The largest absolute Gasteiger partial charge is 0.434 e. The van der Waals surface area contributed by atoms with E-state index in [1.165, 1.54) is 12.1 Å². The zero-order valence-electron chi connectivity index (χ0n) is 14.4. The molecule has 1 amide bonds. The lowest BCUT2D eigenvalue weighted by atomic mass is 9.99. The Bertz CT molecular complexity index is 1010. The molecule has 3 aromatic rings. The summed E-state index contributed by atoms with van der Waals surface area (Å²) in [4.78, 5) is 21.8. The van der Waals surface area contributed by atoms with Crippen molar-refractivity contribution < 1.29 is 18.3 Å².